The molecule has 0 spiro atoms. The molecule has 76 valence electrons. The molecule has 0 bridgehead atoms. The molecule has 0 saturated heterocycles. The molecular weight excluding hydrogens is 156 g/mol. The van der Waals surface area contributed by atoms with E-state index >= 15 is 0 Å². The van der Waals surface area contributed by atoms with Crippen molar-refractivity contribution in [3.8, 4) is 0 Å². The van der Waals surface area contributed by atoms with Crippen LogP contribution in [0.1, 0.15) is 59.3 Å². The highest BCUT2D eigenvalue weighted by Gasteiger charge is 2.16. The second-order valence-electron chi connectivity index (χ2n) is 4.76. The van der Waals surface area contributed by atoms with Crippen LogP contribution in [0.15, 0.2) is 11.1 Å². The summed E-state index contributed by atoms with van der Waals surface area (Å²) in [5.41, 5.74) is 3.71. The Morgan fingerprint density at radius 2 is 2.00 bits per heavy atom. The topological polar surface area (TPSA) is 0 Å². The van der Waals surface area contributed by atoms with E-state index in [0.29, 0.717) is 0 Å². The number of allylic oxidation sites excluding steroid dienone is 2. The van der Waals surface area contributed by atoms with Crippen molar-refractivity contribution in [3.05, 3.63) is 18.1 Å². The Hall–Kier alpha value is -0.260. The molecular formula is C13H23-. The van der Waals surface area contributed by atoms with Gasteiger partial charge in [-0.05, 0) is 25.7 Å². The predicted molar refractivity (Wildman–Crippen MR) is 59.5 cm³/mol. The quantitative estimate of drug-likeness (QED) is 0.440. The molecule has 0 heterocycles. The van der Waals surface area contributed by atoms with Gasteiger partial charge in [0.05, 0.1) is 0 Å². The van der Waals surface area contributed by atoms with Gasteiger partial charge in [-0.1, -0.05) is 44.8 Å². The molecule has 1 aliphatic carbocycles. The standard InChI is InChI=1S/C13H23/c1-5-11(12-8-7-9-12)10-13(3,4)6-2/h3,5-10H2,1-2,4H3/q-1. The molecule has 13 heavy (non-hydrogen) atoms. The van der Waals surface area contributed by atoms with Gasteiger partial charge in [-0.15, -0.1) is 0 Å². The van der Waals surface area contributed by atoms with E-state index in [1.807, 2.05) is 0 Å². The van der Waals surface area contributed by atoms with Crippen LogP contribution in [0, 0.1) is 12.3 Å². The predicted octanol–water partition coefficient (Wildman–Crippen LogP) is 4.52. The van der Waals surface area contributed by atoms with Gasteiger partial charge in [0.2, 0.25) is 0 Å². The summed E-state index contributed by atoms with van der Waals surface area (Å²) in [7, 11) is 0. The molecule has 1 fully saturated rings. The average molecular weight is 179 g/mol. The van der Waals surface area contributed by atoms with Crippen molar-refractivity contribution in [1.29, 1.82) is 0 Å². The number of rotatable bonds is 4. The Balaban J connectivity index is 2.59. The third kappa shape index (κ3) is 2.86. The molecule has 0 aliphatic heterocycles. The van der Waals surface area contributed by atoms with Gasteiger partial charge >= 0.3 is 0 Å². The molecule has 1 aliphatic rings. The molecule has 0 amide bonds. The van der Waals surface area contributed by atoms with Crippen LogP contribution in [0.4, 0.5) is 0 Å². The van der Waals surface area contributed by atoms with Crippen molar-refractivity contribution in [1.82, 2.24) is 0 Å². The van der Waals surface area contributed by atoms with E-state index in [1.54, 1.807) is 11.1 Å². The lowest BCUT2D eigenvalue weighted by Crippen LogP contribution is -2.13. The fourth-order valence-corrected chi connectivity index (χ4v) is 1.85. The van der Waals surface area contributed by atoms with Crippen LogP contribution in [0.2, 0.25) is 0 Å². The van der Waals surface area contributed by atoms with E-state index in [0.717, 1.165) is 0 Å². The molecule has 0 N–H and O–H groups in total. The van der Waals surface area contributed by atoms with Crippen molar-refractivity contribution in [2.75, 3.05) is 0 Å². The lowest BCUT2D eigenvalue weighted by molar-refractivity contribution is 0.393. The van der Waals surface area contributed by atoms with Crippen LogP contribution in [-0.2, 0) is 0 Å². The monoisotopic (exact) mass is 179 g/mol. The maximum absolute atomic E-state index is 4.28. The van der Waals surface area contributed by atoms with Gasteiger partial charge in [-0.25, -0.2) is 0 Å². The fourth-order valence-electron chi connectivity index (χ4n) is 1.85. The van der Waals surface area contributed by atoms with Crippen LogP contribution >= 0.6 is 0 Å². The van der Waals surface area contributed by atoms with E-state index in [1.165, 1.54) is 38.5 Å². The highest BCUT2D eigenvalue weighted by atomic mass is 14.3. The van der Waals surface area contributed by atoms with E-state index in [2.05, 4.69) is 27.7 Å². The Kier molecular flexibility index (Phi) is 3.58. The molecule has 0 aromatic rings. The molecule has 0 heteroatoms. The second kappa shape index (κ2) is 4.30. The lowest BCUT2D eigenvalue weighted by Gasteiger charge is -2.34. The minimum atomic E-state index is 0.272. The van der Waals surface area contributed by atoms with E-state index < -0.39 is 0 Å². The summed E-state index contributed by atoms with van der Waals surface area (Å²) in [6.07, 6.45) is 7.78. The van der Waals surface area contributed by atoms with E-state index in [-0.39, 0.29) is 5.41 Å². The van der Waals surface area contributed by atoms with Crippen LogP contribution in [0.25, 0.3) is 0 Å². The molecule has 1 rings (SSSR count). The van der Waals surface area contributed by atoms with Gasteiger partial charge in [-0.2, -0.15) is 5.41 Å². The number of hydrogen-bond acceptors (Lipinski definition) is 0. The summed E-state index contributed by atoms with van der Waals surface area (Å²) in [4.78, 5) is 0. The Labute approximate surface area is 83.4 Å². The van der Waals surface area contributed by atoms with Crippen molar-refractivity contribution in [2.45, 2.75) is 59.3 Å². The van der Waals surface area contributed by atoms with Crippen molar-refractivity contribution >= 4 is 0 Å². The largest absolute Gasteiger partial charge is 0.337 e. The average Bonchev–Trinajstić information content (AvgIpc) is 2.00. The highest BCUT2D eigenvalue weighted by molar-refractivity contribution is 5.20. The van der Waals surface area contributed by atoms with Gasteiger partial charge in [0.25, 0.3) is 0 Å². The van der Waals surface area contributed by atoms with Crippen LogP contribution in [0.3, 0.4) is 0 Å². The summed E-state index contributed by atoms with van der Waals surface area (Å²) in [5.74, 6) is 0. The minimum Gasteiger partial charge on any atom is -0.337 e. The first kappa shape index (κ1) is 10.8. The molecule has 0 radical (unpaired) electrons. The SMILES string of the molecule is [CH2-]C(C)(CC)CC(CC)=C1CCC1. The second-order valence-corrected chi connectivity index (χ2v) is 4.76. The van der Waals surface area contributed by atoms with Gasteiger partial charge in [0.15, 0.2) is 0 Å². The summed E-state index contributed by atoms with van der Waals surface area (Å²) < 4.78 is 0. The fraction of sp³-hybridized carbons (Fsp3) is 0.769. The van der Waals surface area contributed by atoms with Crippen molar-refractivity contribution in [3.63, 3.8) is 0 Å². The summed E-state index contributed by atoms with van der Waals surface area (Å²) >= 11 is 0. The Morgan fingerprint density at radius 1 is 1.38 bits per heavy atom. The summed E-state index contributed by atoms with van der Waals surface area (Å²) in [6, 6.07) is 0. The number of hydrogen-bond donors (Lipinski definition) is 0. The van der Waals surface area contributed by atoms with Gasteiger partial charge in [0.1, 0.15) is 0 Å². The summed E-state index contributed by atoms with van der Waals surface area (Å²) in [5, 5.41) is 0. The smallest absolute Gasteiger partial charge is 0.0315 e. The van der Waals surface area contributed by atoms with Crippen LogP contribution < -0.4 is 0 Å². The van der Waals surface area contributed by atoms with E-state index in [4.69, 9.17) is 0 Å². The molecule has 1 saturated carbocycles. The molecule has 0 aromatic carbocycles. The first-order valence-electron chi connectivity index (χ1n) is 5.64. The Bertz CT molecular complexity index is 190. The molecule has 0 aromatic heterocycles. The lowest BCUT2D eigenvalue weighted by atomic mass is 9.77. The first-order chi connectivity index (χ1) is 6.09. The van der Waals surface area contributed by atoms with Gasteiger partial charge < -0.3 is 6.92 Å². The normalized spacial score (nSPS) is 20.8. The van der Waals surface area contributed by atoms with Crippen LogP contribution in [0.5, 0.6) is 0 Å². The molecule has 1 unspecified atom stereocenters. The zero-order chi connectivity index (χ0) is 9.90. The Morgan fingerprint density at radius 3 is 2.31 bits per heavy atom. The minimum absolute atomic E-state index is 0.272. The zero-order valence-electron chi connectivity index (χ0n) is 9.45. The zero-order valence-corrected chi connectivity index (χ0v) is 9.45. The summed E-state index contributed by atoms with van der Waals surface area (Å²) in [6.45, 7) is 11.1. The third-order valence-corrected chi connectivity index (χ3v) is 3.38. The van der Waals surface area contributed by atoms with Gasteiger partial charge in [0, 0.05) is 0 Å². The third-order valence-electron chi connectivity index (χ3n) is 3.38. The molecule has 1 atom stereocenters. The van der Waals surface area contributed by atoms with Crippen molar-refractivity contribution < 1.29 is 0 Å². The van der Waals surface area contributed by atoms with Crippen molar-refractivity contribution in [2.24, 2.45) is 5.41 Å². The van der Waals surface area contributed by atoms with E-state index in [9.17, 15) is 0 Å². The van der Waals surface area contributed by atoms with Gasteiger partial charge in [-0.3, -0.25) is 0 Å². The van der Waals surface area contributed by atoms with Crippen LogP contribution in [-0.4, -0.2) is 0 Å². The maximum atomic E-state index is 4.28. The first-order valence-corrected chi connectivity index (χ1v) is 5.64. The maximum Gasteiger partial charge on any atom is -0.0315 e. The molecule has 0 nitrogen and oxygen atoms in total. The highest BCUT2D eigenvalue weighted by Crippen LogP contribution is 2.37.